The number of nitrogens with one attached hydrogen (secondary N) is 1. The first kappa shape index (κ1) is 11.0. The fraction of sp³-hybridized carbons (Fsp3) is 0.778. The van der Waals surface area contributed by atoms with Crippen molar-refractivity contribution in [3.8, 4) is 0 Å². The molecule has 1 aliphatic heterocycles. The number of hydrogen-bond donors (Lipinski definition) is 2. The molecule has 0 bridgehead atoms. The molecule has 1 atom stereocenters. The fourth-order valence-electron chi connectivity index (χ4n) is 1.71. The Morgan fingerprint density at radius 3 is 3.00 bits per heavy atom. The highest BCUT2D eigenvalue weighted by Crippen LogP contribution is 2.08. The standard InChI is InChI=1S/C9H16N2O3/c1-2-7-9(14)10-4-6-11(7)5-3-8(12)13/h7H,2-6H2,1H3,(H,10,14)(H,12,13). The minimum atomic E-state index is -0.814. The zero-order valence-electron chi connectivity index (χ0n) is 8.32. The maximum absolute atomic E-state index is 11.4. The fourth-order valence-corrected chi connectivity index (χ4v) is 1.71. The van der Waals surface area contributed by atoms with Crippen molar-refractivity contribution < 1.29 is 14.7 Å². The summed E-state index contributed by atoms with van der Waals surface area (Å²) in [4.78, 5) is 23.7. The van der Waals surface area contributed by atoms with E-state index in [2.05, 4.69) is 5.32 Å². The van der Waals surface area contributed by atoms with Gasteiger partial charge in [0.15, 0.2) is 0 Å². The van der Waals surface area contributed by atoms with Gasteiger partial charge >= 0.3 is 5.97 Å². The van der Waals surface area contributed by atoms with Gasteiger partial charge in [-0.1, -0.05) is 6.92 Å². The quantitative estimate of drug-likeness (QED) is 0.652. The van der Waals surface area contributed by atoms with Crippen LogP contribution in [-0.2, 0) is 9.59 Å². The molecule has 0 aromatic carbocycles. The van der Waals surface area contributed by atoms with Crippen molar-refractivity contribution >= 4 is 11.9 Å². The lowest BCUT2D eigenvalue weighted by molar-refractivity contribution is -0.139. The smallest absolute Gasteiger partial charge is 0.304 e. The molecule has 0 saturated carbocycles. The molecule has 1 fully saturated rings. The van der Waals surface area contributed by atoms with Gasteiger partial charge in [-0.2, -0.15) is 0 Å². The van der Waals surface area contributed by atoms with Crippen LogP contribution in [0.25, 0.3) is 0 Å². The van der Waals surface area contributed by atoms with E-state index in [0.29, 0.717) is 13.1 Å². The number of carboxylic acids is 1. The Bertz CT molecular complexity index is 230. The van der Waals surface area contributed by atoms with E-state index in [4.69, 9.17) is 5.11 Å². The maximum Gasteiger partial charge on any atom is 0.304 e. The molecule has 0 radical (unpaired) electrons. The molecule has 0 aromatic heterocycles. The van der Waals surface area contributed by atoms with E-state index in [1.807, 2.05) is 11.8 Å². The van der Waals surface area contributed by atoms with E-state index in [-0.39, 0.29) is 18.4 Å². The van der Waals surface area contributed by atoms with Crippen molar-refractivity contribution in [1.82, 2.24) is 10.2 Å². The van der Waals surface area contributed by atoms with Gasteiger partial charge < -0.3 is 10.4 Å². The Hall–Kier alpha value is -1.10. The van der Waals surface area contributed by atoms with Gasteiger partial charge in [-0.15, -0.1) is 0 Å². The van der Waals surface area contributed by atoms with Crippen LogP contribution in [0.15, 0.2) is 0 Å². The van der Waals surface area contributed by atoms with Gasteiger partial charge in [0.25, 0.3) is 0 Å². The first-order valence-corrected chi connectivity index (χ1v) is 4.88. The Kier molecular flexibility index (Phi) is 3.88. The molecule has 1 amide bonds. The lowest BCUT2D eigenvalue weighted by Gasteiger charge is -2.33. The normalized spacial score (nSPS) is 23.2. The van der Waals surface area contributed by atoms with Crippen molar-refractivity contribution in [2.24, 2.45) is 0 Å². The molecule has 5 nitrogen and oxygen atoms in total. The van der Waals surface area contributed by atoms with E-state index < -0.39 is 5.97 Å². The van der Waals surface area contributed by atoms with E-state index >= 15 is 0 Å². The second-order valence-electron chi connectivity index (χ2n) is 3.39. The van der Waals surface area contributed by atoms with E-state index in [0.717, 1.165) is 13.0 Å². The summed E-state index contributed by atoms with van der Waals surface area (Å²) in [6, 6.07) is -0.150. The first-order chi connectivity index (χ1) is 6.65. The molecule has 0 aromatic rings. The Morgan fingerprint density at radius 1 is 1.71 bits per heavy atom. The molecule has 1 rings (SSSR count). The average molecular weight is 200 g/mol. The molecular formula is C9H16N2O3. The summed E-state index contributed by atoms with van der Waals surface area (Å²) in [7, 11) is 0. The van der Waals surface area contributed by atoms with Crippen LogP contribution in [0.4, 0.5) is 0 Å². The van der Waals surface area contributed by atoms with Crippen molar-refractivity contribution in [3.05, 3.63) is 0 Å². The van der Waals surface area contributed by atoms with Gasteiger partial charge in [-0.3, -0.25) is 14.5 Å². The van der Waals surface area contributed by atoms with Crippen molar-refractivity contribution in [3.63, 3.8) is 0 Å². The zero-order valence-corrected chi connectivity index (χ0v) is 8.32. The van der Waals surface area contributed by atoms with E-state index in [1.165, 1.54) is 0 Å². The summed E-state index contributed by atoms with van der Waals surface area (Å²) in [5, 5.41) is 11.3. The summed E-state index contributed by atoms with van der Waals surface area (Å²) < 4.78 is 0. The minimum absolute atomic E-state index is 0.0177. The lowest BCUT2D eigenvalue weighted by atomic mass is 10.1. The SMILES string of the molecule is CCC1C(=O)NCCN1CCC(=O)O. The third-order valence-corrected chi connectivity index (χ3v) is 2.44. The summed E-state index contributed by atoms with van der Waals surface area (Å²) in [6.07, 6.45) is 0.829. The number of nitrogens with zero attached hydrogens (tertiary/aromatic N) is 1. The Morgan fingerprint density at radius 2 is 2.43 bits per heavy atom. The third-order valence-electron chi connectivity index (χ3n) is 2.44. The Labute approximate surface area is 83.1 Å². The molecule has 14 heavy (non-hydrogen) atoms. The first-order valence-electron chi connectivity index (χ1n) is 4.88. The summed E-state index contributed by atoms with van der Waals surface area (Å²) >= 11 is 0. The highest BCUT2D eigenvalue weighted by molar-refractivity contribution is 5.82. The van der Waals surface area contributed by atoms with Crippen LogP contribution in [0.5, 0.6) is 0 Å². The molecule has 1 aliphatic rings. The molecule has 80 valence electrons. The van der Waals surface area contributed by atoms with Crippen molar-refractivity contribution in [2.75, 3.05) is 19.6 Å². The van der Waals surface area contributed by atoms with E-state index in [9.17, 15) is 9.59 Å². The summed E-state index contributed by atoms with van der Waals surface area (Å²) in [5.41, 5.74) is 0. The van der Waals surface area contributed by atoms with Gasteiger partial charge in [0, 0.05) is 19.6 Å². The number of hydrogen-bond acceptors (Lipinski definition) is 3. The van der Waals surface area contributed by atoms with Crippen molar-refractivity contribution in [1.29, 1.82) is 0 Å². The molecule has 1 saturated heterocycles. The van der Waals surface area contributed by atoms with Gasteiger partial charge in [0.2, 0.25) is 5.91 Å². The van der Waals surface area contributed by atoms with Crippen LogP contribution in [0, 0.1) is 0 Å². The highest BCUT2D eigenvalue weighted by Gasteiger charge is 2.27. The number of amides is 1. The van der Waals surface area contributed by atoms with Gasteiger partial charge in [0.05, 0.1) is 12.5 Å². The molecule has 0 aliphatic carbocycles. The second-order valence-corrected chi connectivity index (χ2v) is 3.39. The van der Waals surface area contributed by atoms with Crippen LogP contribution in [-0.4, -0.2) is 47.6 Å². The van der Waals surface area contributed by atoms with E-state index in [1.54, 1.807) is 0 Å². The molecule has 2 N–H and O–H groups in total. The minimum Gasteiger partial charge on any atom is -0.481 e. The van der Waals surface area contributed by atoms with Crippen molar-refractivity contribution in [2.45, 2.75) is 25.8 Å². The average Bonchev–Trinajstić information content (AvgIpc) is 2.14. The second kappa shape index (κ2) is 4.95. The lowest BCUT2D eigenvalue weighted by Crippen LogP contribution is -2.55. The monoisotopic (exact) mass is 200 g/mol. The number of carboxylic acid groups (broad SMARTS) is 1. The summed E-state index contributed by atoms with van der Waals surface area (Å²) in [5.74, 6) is -0.796. The zero-order chi connectivity index (χ0) is 10.6. The van der Waals surface area contributed by atoms with Gasteiger partial charge in [-0.05, 0) is 6.42 Å². The Balaban J connectivity index is 2.47. The van der Waals surface area contributed by atoms with Gasteiger partial charge in [0.1, 0.15) is 0 Å². The highest BCUT2D eigenvalue weighted by atomic mass is 16.4. The number of carbonyl (C=O) groups is 2. The predicted molar refractivity (Wildman–Crippen MR) is 50.9 cm³/mol. The number of aliphatic carboxylic acids is 1. The number of piperazine rings is 1. The predicted octanol–water partition coefficient (Wildman–Crippen LogP) is -0.328. The van der Waals surface area contributed by atoms with Gasteiger partial charge in [-0.25, -0.2) is 0 Å². The van der Waals surface area contributed by atoms with Crippen LogP contribution < -0.4 is 5.32 Å². The summed E-state index contributed by atoms with van der Waals surface area (Å²) in [6.45, 7) is 3.76. The molecule has 5 heteroatoms. The maximum atomic E-state index is 11.4. The van der Waals surface area contributed by atoms with Crippen LogP contribution in [0.2, 0.25) is 0 Å². The van der Waals surface area contributed by atoms with Crippen LogP contribution in [0.3, 0.4) is 0 Å². The molecular weight excluding hydrogens is 184 g/mol. The topological polar surface area (TPSA) is 69.6 Å². The van der Waals surface area contributed by atoms with Crippen LogP contribution >= 0.6 is 0 Å². The van der Waals surface area contributed by atoms with Crippen LogP contribution in [0.1, 0.15) is 19.8 Å². The molecule has 0 spiro atoms. The number of carbonyl (C=O) groups excluding carboxylic acids is 1. The third kappa shape index (κ3) is 2.70. The molecule has 1 unspecified atom stereocenters. The molecule has 1 heterocycles. The number of rotatable bonds is 4. The largest absolute Gasteiger partial charge is 0.481 e.